The number of piperidine rings is 1. The van der Waals surface area contributed by atoms with Crippen molar-refractivity contribution in [3.63, 3.8) is 0 Å². The van der Waals surface area contributed by atoms with E-state index in [2.05, 4.69) is 38.7 Å². The fraction of sp³-hybridized carbons (Fsp3) is 0.632. The Bertz CT molecular complexity index is 729. The summed E-state index contributed by atoms with van der Waals surface area (Å²) in [6.45, 7) is 8.35. The van der Waals surface area contributed by atoms with E-state index in [-0.39, 0.29) is 5.91 Å². The molecule has 26 heavy (non-hydrogen) atoms. The van der Waals surface area contributed by atoms with E-state index in [0.29, 0.717) is 23.6 Å². The first kappa shape index (κ1) is 17.3. The van der Waals surface area contributed by atoms with Gasteiger partial charge in [-0.15, -0.1) is 0 Å². The van der Waals surface area contributed by atoms with Gasteiger partial charge in [-0.3, -0.25) is 9.69 Å². The fourth-order valence-corrected chi connectivity index (χ4v) is 4.51. The van der Waals surface area contributed by atoms with Gasteiger partial charge in [-0.1, -0.05) is 13.8 Å². The third-order valence-electron chi connectivity index (χ3n) is 5.68. The predicted molar refractivity (Wildman–Crippen MR) is 98.7 cm³/mol. The van der Waals surface area contributed by atoms with Crippen molar-refractivity contribution in [1.29, 1.82) is 0 Å². The average molecular weight is 356 g/mol. The SMILES string of the molecule is CC(C)CN1CCc2[nH]cnc2C1C1CCN(C(=O)c2cnc[nH]2)CC1. The molecule has 0 radical (unpaired) electrons. The topological polar surface area (TPSA) is 80.9 Å². The summed E-state index contributed by atoms with van der Waals surface area (Å²) >= 11 is 0. The molecule has 1 unspecified atom stereocenters. The summed E-state index contributed by atoms with van der Waals surface area (Å²) in [6.07, 6.45) is 8.10. The van der Waals surface area contributed by atoms with E-state index in [1.54, 1.807) is 12.5 Å². The molecule has 2 aromatic rings. The first-order valence-electron chi connectivity index (χ1n) is 9.67. The van der Waals surface area contributed by atoms with Gasteiger partial charge in [-0.05, 0) is 24.7 Å². The molecule has 0 spiro atoms. The number of nitrogens with one attached hydrogen (secondary N) is 2. The van der Waals surface area contributed by atoms with Crippen LogP contribution in [0, 0.1) is 11.8 Å². The number of imidazole rings is 2. The van der Waals surface area contributed by atoms with Crippen LogP contribution >= 0.6 is 0 Å². The molecule has 2 aliphatic heterocycles. The van der Waals surface area contributed by atoms with Crippen molar-refractivity contribution in [3.8, 4) is 0 Å². The summed E-state index contributed by atoms with van der Waals surface area (Å²) < 4.78 is 0. The van der Waals surface area contributed by atoms with Crippen molar-refractivity contribution in [1.82, 2.24) is 29.7 Å². The first-order valence-corrected chi connectivity index (χ1v) is 9.67. The quantitative estimate of drug-likeness (QED) is 0.880. The lowest BCUT2D eigenvalue weighted by Gasteiger charge is -2.43. The van der Waals surface area contributed by atoms with Gasteiger partial charge in [0.05, 0.1) is 30.6 Å². The molecule has 0 bridgehead atoms. The van der Waals surface area contributed by atoms with E-state index in [4.69, 9.17) is 0 Å². The smallest absolute Gasteiger partial charge is 0.271 e. The normalized spacial score (nSPS) is 22.0. The number of hydrogen-bond acceptors (Lipinski definition) is 4. The molecule has 2 N–H and O–H groups in total. The number of carbonyl (C=O) groups is 1. The van der Waals surface area contributed by atoms with Crippen LogP contribution in [0.25, 0.3) is 0 Å². The number of aromatic amines is 2. The molecule has 1 atom stereocenters. The molecule has 0 saturated carbocycles. The molecule has 0 aliphatic carbocycles. The highest BCUT2D eigenvalue weighted by molar-refractivity contribution is 5.92. The fourth-order valence-electron chi connectivity index (χ4n) is 4.51. The van der Waals surface area contributed by atoms with Crippen LogP contribution < -0.4 is 0 Å². The Hall–Kier alpha value is -2.15. The summed E-state index contributed by atoms with van der Waals surface area (Å²) in [5.41, 5.74) is 3.11. The number of rotatable bonds is 4. The minimum atomic E-state index is 0.0593. The lowest BCUT2D eigenvalue weighted by molar-refractivity contribution is 0.0516. The largest absolute Gasteiger partial charge is 0.348 e. The van der Waals surface area contributed by atoms with Gasteiger partial charge in [0.25, 0.3) is 5.91 Å². The van der Waals surface area contributed by atoms with Crippen LogP contribution in [0.1, 0.15) is 54.6 Å². The zero-order chi connectivity index (χ0) is 18.1. The van der Waals surface area contributed by atoms with Crippen LogP contribution in [-0.4, -0.2) is 61.8 Å². The molecule has 4 heterocycles. The predicted octanol–water partition coefficient (Wildman–Crippen LogP) is 2.24. The maximum atomic E-state index is 12.5. The molecule has 1 amide bonds. The number of H-pyrrole nitrogens is 2. The van der Waals surface area contributed by atoms with Crippen LogP contribution in [0.4, 0.5) is 0 Å². The van der Waals surface area contributed by atoms with Gasteiger partial charge in [-0.2, -0.15) is 0 Å². The van der Waals surface area contributed by atoms with Crippen molar-refractivity contribution < 1.29 is 4.79 Å². The van der Waals surface area contributed by atoms with Gasteiger partial charge in [0.1, 0.15) is 5.69 Å². The molecule has 0 aromatic carbocycles. The number of fused-ring (bicyclic) bond motifs is 1. The Morgan fingerprint density at radius 2 is 2.04 bits per heavy atom. The molecule has 140 valence electrons. The summed E-state index contributed by atoms with van der Waals surface area (Å²) in [4.78, 5) is 32.0. The van der Waals surface area contributed by atoms with Crippen molar-refractivity contribution >= 4 is 5.91 Å². The van der Waals surface area contributed by atoms with E-state index < -0.39 is 0 Å². The Morgan fingerprint density at radius 1 is 1.23 bits per heavy atom. The van der Waals surface area contributed by atoms with E-state index in [1.807, 2.05) is 11.2 Å². The monoisotopic (exact) mass is 356 g/mol. The zero-order valence-corrected chi connectivity index (χ0v) is 15.6. The van der Waals surface area contributed by atoms with Crippen LogP contribution in [0.5, 0.6) is 0 Å². The van der Waals surface area contributed by atoms with E-state index in [0.717, 1.165) is 45.4 Å². The summed E-state index contributed by atoms with van der Waals surface area (Å²) in [5.74, 6) is 1.24. The summed E-state index contributed by atoms with van der Waals surface area (Å²) in [6, 6.07) is 0.372. The van der Waals surface area contributed by atoms with Crippen molar-refractivity contribution in [3.05, 3.63) is 35.9 Å². The molecule has 7 heteroatoms. The number of likely N-dealkylation sites (tertiary alicyclic amines) is 1. The highest BCUT2D eigenvalue weighted by Gasteiger charge is 2.38. The number of nitrogens with zero attached hydrogens (tertiary/aromatic N) is 4. The van der Waals surface area contributed by atoms with E-state index in [1.165, 1.54) is 11.4 Å². The summed E-state index contributed by atoms with van der Waals surface area (Å²) in [5, 5.41) is 0. The maximum Gasteiger partial charge on any atom is 0.271 e. The van der Waals surface area contributed by atoms with Crippen LogP contribution in [0.3, 0.4) is 0 Å². The van der Waals surface area contributed by atoms with Gasteiger partial charge in [0.15, 0.2) is 0 Å². The maximum absolute atomic E-state index is 12.5. The molecule has 7 nitrogen and oxygen atoms in total. The lowest BCUT2D eigenvalue weighted by atomic mass is 9.83. The van der Waals surface area contributed by atoms with Crippen molar-refractivity contribution in [2.75, 3.05) is 26.2 Å². The van der Waals surface area contributed by atoms with Crippen molar-refractivity contribution in [2.45, 2.75) is 39.2 Å². The summed E-state index contributed by atoms with van der Waals surface area (Å²) in [7, 11) is 0. The lowest BCUT2D eigenvalue weighted by Crippen LogP contribution is -2.46. The van der Waals surface area contributed by atoms with Gasteiger partial charge in [0.2, 0.25) is 0 Å². The van der Waals surface area contributed by atoms with Gasteiger partial charge < -0.3 is 14.9 Å². The van der Waals surface area contributed by atoms with Crippen LogP contribution in [0.15, 0.2) is 18.9 Å². The average Bonchev–Trinajstić information content (AvgIpc) is 3.32. The van der Waals surface area contributed by atoms with E-state index >= 15 is 0 Å². The third kappa shape index (κ3) is 3.28. The second-order valence-electron chi connectivity index (χ2n) is 7.94. The zero-order valence-electron chi connectivity index (χ0n) is 15.6. The molecule has 1 fully saturated rings. The first-order chi connectivity index (χ1) is 12.6. The Kier molecular flexibility index (Phi) is 4.80. The Morgan fingerprint density at radius 3 is 2.73 bits per heavy atom. The standard InChI is InChI=1S/C19H28N6O/c1-13(2)10-25-8-5-15-17(23-12-22-15)18(25)14-3-6-24(7-4-14)19(26)16-9-20-11-21-16/h9,11-14,18H,3-8,10H2,1-2H3,(H,20,21)(H,22,23). The highest BCUT2D eigenvalue weighted by Crippen LogP contribution is 2.39. The van der Waals surface area contributed by atoms with Gasteiger partial charge in [-0.25, -0.2) is 9.97 Å². The molecule has 2 aromatic heterocycles. The number of amides is 1. The second-order valence-corrected chi connectivity index (χ2v) is 7.94. The molecule has 1 saturated heterocycles. The number of carbonyl (C=O) groups excluding carboxylic acids is 1. The minimum Gasteiger partial charge on any atom is -0.348 e. The number of aromatic nitrogens is 4. The van der Waals surface area contributed by atoms with E-state index in [9.17, 15) is 4.79 Å². The number of hydrogen-bond donors (Lipinski definition) is 2. The molecular formula is C19H28N6O. The minimum absolute atomic E-state index is 0.0593. The molecular weight excluding hydrogens is 328 g/mol. The molecule has 4 rings (SSSR count). The van der Waals surface area contributed by atoms with Gasteiger partial charge in [0, 0.05) is 38.3 Å². The Labute approximate surface area is 154 Å². The second kappa shape index (κ2) is 7.23. The molecule has 2 aliphatic rings. The van der Waals surface area contributed by atoms with Crippen LogP contribution in [-0.2, 0) is 6.42 Å². The third-order valence-corrected chi connectivity index (χ3v) is 5.68. The van der Waals surface area contributed by atoms with Crippen molar-refractivity contribution in [2.24, 2.45) is 11.8 Å². The Balaban J connectivity index is 1.47. The van der Waals surface area contributed by atoms with Gasteiger partial charge >= 0.3 is 0 Å². The highest BCUT2D eigenvalue weighted by atomic mass is 16.2. The van der Waals surface area contributed by atoms with Crippen LogP contribution in [0.2, 0.25) is 0 Å².